The molecular weight excluding hydrogens is 351 g/mol. The van der Waals surface area contributed by atoms with Gasteiger partial charge in [-0.2, -0.15) is 0 Å². The topological polar surface area (TPSA) is 58.5 Å². The van der Waals surface area contributed by atoms with Crippen LogP contribution in [0.25, 0.3) is 0 Å². The summed E-state index contributed by atoms with van der Waals surface area (Å²) in [5.41, 5.74) is 1.19. The summed E-state index contributed by atoms with van der Waals surface area (Å²) >= 11 is 1.76. The van der Waals surface area contributed by atoms with Crippen molar-refractivity contribution in [2.45, 2.75) is 39.7 Å². The Hall–Kier alpha value is -2.15. The van der Waals surface area contributed by atoms with E-state index in [1.165, 1.54) is 22.7 Å². The van der Waals surface area contributed by atoms with Gasteiger partial charge in [0.1, 0.15) is 17.7 Å². The monoisotopic (exact) mass is 378 g/mol. The summed E-state index contributed by atoms with van der Waals surface area (Å²) in [5, 5.41) is 7.65. The highest BCUT2D eigenvalue weighted by Crippen LogP contribution is 2.18. The first-order valence-electron chi connectivity index (χ1n) is 8.83. The van der Waals surface area contributed by atoms with Crippen molar-refractivity contribution in [2.24, 2.45) is 4.99 Å². The Morgan fingerprint density at radius 3 is 2.85 bits per heavy atom. The number of aryl methyl sites for hydroxylation is 2. The van der Waals surface area contributed by atoms with Crippen LogP contribution < -0.4 is 15.4 Å². The van der Waals surface area contributed by atoms with Crippen LogP contribution in [0, 0.1) is 12.7 Å². The maximum Gasteiger partial charge on any atom is 0.191 e. The lowest BCUT2D eigenvalue weighted by atomic mass is 10.3. The highest BCUT2D eigenvalue weighted by molar-refractivity contribution is 7.11. The fourth-order valence-electron chi connectivity index (χ4n) is 2.49. The van der Waals surface area contributed by atoms with Gasteiger partial charge in [0.05, 0.1) is 17.2 Å². The van der Waals surface area contributed by atoms with Gasteiger partial charge in [-0.1, -0.05) is 13.0 Å². The Kier molecular flexibility index (Phi) is 7.84. The molecule has 1 heterocycles. The quantitative estimate of drug-likeness (QED) is 0.546. The third-order valence-corrected chi connectivity index (χ3v) is 4.89. The molecule has 1 aromatic heterocycles. The summed E-state index contributed by atoms with van der Waals surface area (Å²) in [7, 11) is 1.73. The number of hydrogen-bond donors (Lipinski definition) is 2. The van der Waals surface area contributed by atoms with Crippen molar-refractivity contribution >= 4 is 17.3 Å². The molecule has 0 fully saturated rings. The van der Waals surface area contributed by atoms with Crippen LogP contribution in [0.2, 0.25) is 0 Å². The summed E-state index contributed by atoms with van der Waals surface area (Å²) in [5.74, 6) is 0.931. The van der Waals surface area contributed by atoms with Crippen molar-refractivity contribution in [3.05, 3.63) is 45.7 Å². The van der Waals surface area contributed by atoms with Crippen molar-refractivity contribution in [3.8, 4) is 5.75 Å². The molecule has 0 bridgehead atoms. The predicted molar refractivity (Wildman–Crippen MR) is 106 cm³/mol. The molecule has 0 aliphatic heterocycles. The third-order valence-electron chi connectivity index (χ3n) is 3.82. The number of ether oxygens (including phenoxy) is 1. The minimum absolute atomic E-state index is 0.121. The van der Waals surface area contributed by atoms with E-state index in [0.717, 1.165) is 24.4 Å². The molecule has 5 nitrogen and oxygen atoms in total. The summed E-state index contributed by atoms with van der Waals surface area (Å²) in [6.07, 6.45) is 1.72. The number of benzene rings is 1. The molecule has 0 aliphatic rings. The lowest BCUT2D eigenvalue weighted by Crippen LogP contribution is -2.42. The molecule has 0 aliphatic carbocycles. The Morgan fingerprint density at radius 2 is 2.19 bits per heavy atom. The Bertz CT molecular complexity index is 732. The van der Waals surface area contributed by atoms with Crippen LogP contribution in [0.15, 0.2) is 29.3 Å². The second-order valence-electron chi connectivity index (χ2n) is 5.98. The second-order valence-corrected chi connectivity index (χ2v) is 7.27. The van der Waals surface area contributed by atoms with Gasteiger partial charge >= 0.3 is 0 Å². The van der Waals surface area contributed by atoms with Gasteiger partial charge in [0.25, 0.3) is 0 Å². The van der Waals surface area contributed by atoms with Gasteiger partial charge in [-0.15, -0.1) is 11.3 Å². The molecule has 0 amide bonds. The molecule has 2 N–H and O–H groups in total. The molecule has 142 valence electrons. The SMILES string of the molecule is CCc1nc(CCNC(=NC)NCC(C)Oc2cccc(F)c2)sc1C. The average molecular weight is 379 g/mol. The number of nitrogens with one attached hydrogen (secondary N) is 2. The third kappa shape index (κ3) is 6.29. The van der Waals surface area contributed by atoms with E-state index in [2.05, 4.69) is 34.5 Å². The van der Waals surface area contributed by atoms with Gasteiger partial charge in [-0.05, 0) is 32.4 Å². The first-order valence-corrected chi connectivity index (χ1v) is 9.65. The molecule has 1 atom stereocenters. The number of aromatic nitrogens is 1. The van der Waals surface area contributed by atoms with E-state index in [9.17, 15) is 4.39 Å². The average Bonchev–Trinajstić information content (AvgIpc) is 2.97. The number of thiazole rings is 1. The summed E-state index contributed by atoms with van der Waals surface area (Å²) in [6.45, 7) is 7.49. The molecule has 2 rings (SSSR count). The number of hydrogen-bond acceptors (Lipinski definition) is 4. The molecule has 1 aromatic carbocycles. The van der Waals surface area contributed by atoms with Gasteiger partial charge in [-0.25, -0.2) is 9.37 Å². The minimum atomic E-state index is -0.302. The Labute approximate surface area is 158 Å². The standard InChI is InChI=1S/C19H27FN4OS/c1-5-17-14(3)26-18(24-17)9-10-22-19(21-4)23-12-13(2)25-16-8-6-7-15(20)11-16/h6-8,11,13H,5,9-10,12H2,1-4H3,(H2,21,22,23). The normalized spacial score (nSPS) is 12.7. The van der Waals surface area contributed by atoms with E-state index in [4.69, 9.17) is 4.74 Å². The summed E-state index contributed by atoms with van der Waals surface area (Å²) in [4.78, 5) is 10.2. The minimum Gasteiger partial charge on any atom is -0.489 e. The van der Waals surface area contributed by atoms with E-state index < -0.39 is 0 Å². The first kappa shape index (κ1) is 20.2. The fourth-order valence-corrected chi connectivity index (χ4v) is 3.51. The van der Waals surface area contributed by atoms with Crippen LogP contribution in [-0.2, 0) is 12.8 Å². The van der Waals surface area contributed by atoms with Crippen LogP contribution in [-0.4, -0.2) is 37.2 Å². The van der Waals surface area contributed by atoms with Crippen molar-refractivity contribution in [3.63, 3.8) is 0 Å². The first-order chi connectivity index (χ1) is 12.5. The zero-order chi connectivity index (χ0) is 18.9. The number of nitrogens with zero attached hydrogens (tertiary/aromatic N) is 2. The maximum absolute atomic E-state index is 13.2. The van der Waals surface area contributed by atoms with Gasteiger partial charge in [-0.3, -0.25) is 4.99 Å². The maximum atomic E-state index is 13.2. The van der Waals surface area contributed by atoms with Gasteiger partial charge in [0.2, 0.25) is 0 Å². The van der Waals surface area contributed by atoms with Gasteiger partial charge < -0.3 is 15.4 Å². The lowest BCUT2D eigenvalue weighted by molar-refractivity contribution is 0.223. The zero-order valence-electron chi connectivity index (χ0n) is 15.8. The number of halogens is 1. The molecule has 1 unspecified atom stereocenters. The Morgan fingerprint density at radius 1 is 1.38 bits per heavy atom. The van der Waals surface area contributed by atoms with E-state index >= 15 is 0 Å². The van der Waals surface area contributed by atoms with Crippen LogP contribution in [0.5, 0.6) is 5.75 Å². The van der Waals surface area contributed by atoms with Gasteiger partial charge in [0.15, 0.2) is 5.96 Å². The van der Waals surface area contributed by atoms with E-state index in [-0.39, 0.29) is 11.9 Å². The van der Waals surface area contributed by atoms with Crippen molar-refractivity contribution < 1.29 is 9.13 Å². The smallest absolute Gasteiger partial charge is 0.191 e. The van der Waals surface area contributed by atoms with E-state index in [0.29, 0.717) is 18.3 Å². The molecule has 26 heavy (non-hydrogen) atoms. The number of guanidine groups is 1. The molecule has 0 radical (unpaired) electrons. The summed E-state index contributed by atoms with van der Waals surface area (Å²) in [6, 6.07) is 6.15. The van der Waals surface area contributed by atoms with Crippen LogP contribution in [0.3, 0.4) is 0 Å². The summed E-state index contributed by atoms with van der Waals surface area (Å²) < 4.78 is 18.9. The zero-order valence-corrected chi connectivity index (χ0v) is 16.6. The Balaban J connectivity index is 1.73. The molecule has 0 spiro atoms. The molecule has 7 heteroatoms. The van der Waals surface area contributed by atoms with Crippen LogP contribution in [0.4, 0.5) is 4.39 Å². The fraction of sp³-hybridized carbons (Fsp3) is 0.474. The van der Waals surface area contributed by atoms with Crippen LogP contribution in [0.1, 0.15) is 29.4 Å². The number of aliphatic imine (C=N–C) groups is 1. The predicted octanol–water partition coefficient (Wildman–Crippen LogP) is 3.33. The van der Waals surface area contributed by atoms with Crippen molar-refractivity contribution in [1.29, 1.82) is 0 Å². The van der Waals surface area contributed by atoms with Crippen molar-refractivity contribution in [2.75, 3.05) is 20.1 Å². The molecular formula is C19H27FN4OS. The second kappa shape index (κ2) is 10.1. The molecule has 0 saturated heterocycles. The number of rotatable bonds is 8. The highest BCUT2D eigenvalue weighted by Gasteiger charge is 2.08. The lowest BCUT2D eigenvalue weighted by Gasteiger charge is -2.17. The van der Waals surface area contributed by atoms with Gasteiger partial charge in [0, 0.05) is 31.0 Å². The van der Waals surface area contributed by atoms with E-state index in [1.54, 1.807) is 30.5 Å². The highest BCUT2D eigenvalue weighted by atomic mass is 32.1. The van der Waals surface area contributed by atoms with Crippen molar-refractivity contribution in [1.82, 2.24) is 15.6 Å². The molecule has 2 aromatic rings. The largest absolute Gasteiger partial charge is 0.489 e. The molecule has 0 saturated carbocycles. The van der Waals surface area contributed by atoms with E-state index in [1.807, 2.05) is 6.92 Å². The van der Waals surface area contributed by atoms with Crippen LogP contribution >= 0.6 is 11.3 Å².